The van der Waals surface area contributed by atoms with Crippen LogP contribution in [0.25, 0.3) is 0 Å². The second-order valence-corrected chi connectivity index (χ2v) is 15.1. The largest absolute Gasteiger partial charge is 0.459 e. The lowest BCUT2D eigenvalue weighted by Crippen LogP contribution is -2.47. The Bertz CT molecular complexity index is 927. The minimum absolute atomic E-state index is 0.0597. The third-order valence-corrected chi connectivity index (χ3v) is 11.1. The van der Waals surface area contributed by atoms with Crippen molar-refractivity contribution in [2.45, 2.75) is 70.4 Å². The van der Waals surface area contributed by atoms with Crippen LogP contribution >= 0.6 is 0 Å². The van der Waals surface area contributed by atoms with Crippen LogP contribution in [0.5, 0.6) is 0 Å². The molecule has 33 heavy (non-hydrogen) atoms. The Morgan fingerprint density at radius 3 is 2.24 bits per heavy atom. The molecule has 0 spiro atoms. The first kappa shape index (κ1) is 25.4. The van der Waals surface area contributed by atoms with Crippen molar-refractivity contribution in [1.82, 2.24) is 0 Å². The summed E-state index contributed by atoms with van der Waals surface area (Å²) in [5.74, 6) is -3.02. The highest BCUT2D eigenvalue weighted by atomic mass is 28.4. The molecule has 1 atom stereocenters. The Kier molecular flexibility index (Phi) is 7.64. The lowest BCUT2D eigenvalue weighted by Gasteiger charge is -2.38. The number of alkyl halides is 2. The van der Waals surface area contributed by atoms with Crippen LogP contribution in [0.4, 0.5) is 14.5 Å². The molecule has 1 heterocycles. The summed E-state index contributed by atoms with van der Waals surface area (Å²) in [6, 6.07) is 17.0. The quantitative estimate of drug-likeness (QED) is 0.336. The van der Waals surface area contributed by atoms with Gasteiger partial charge in [-0.05, 0) is 41.4 Å². The molecule has 1 fully saturated rings. The molecule has 0 radical (unpaired) electrons. The van der Waals surface area contributed by atoms with Gasteiger partial charge >= 0.3 is 5.97 Å². The van der Waals surface area contributed by atoms with E-state index >= 15 is 0 Å². The summed E-state index contributed by atoms with van der Waals surface area (Å²) >= 11 is 0. The fraction of sp³-hybridized carbons (Fsp3) is 0.500. The lowest BCUT2D eigenvalue weighted by molar-refractivity contribution is -0.153. The molecule has 180 valence electrons. The second-order valence-electron chi connectivity index (χ2n) is 10.4. The number of carbonyl (C=O) groups excluding carboxylic acids is 1. The van der Waals surface area contributed by atoms with Gasteiger partial charge in [0.25, 0.3) is 5.92 Å². The van der Waals surface area contributed by atoms with Crippen LogP contribution in [0.2, 0.25) is 18.1 Å². The molecular weight excluding hydrogens is 440 g/mol. The SMILES string of the molecule is CC(C)(C)[Si](C)(C)O[C@H](Cc1ccc(N2CCC(F)(F)C2)cc1)C(=O)OCc1ccccc1. The first-order valence-electron chi connectivity index (χ1n) is 11.5. The average molecular weight is 476 g/mol. The molecule has 0 aliphatic carbocycles. The molecule has 0 unspecified atom stereocenters. The lowest BCUT2D eigenvalue weighted by atomic mass is 10.1. The van der Waals surface area contributed by atoms with Gasteiger partial charge in [-0.25, -0.2) is 13.6 Å². The number of anilines is 1. The highest BCUT2D eigenvalue weighted by molar-refractivity contribution is 6.74. The smallest absolute Gasteiger partial charge is 0.334 e. The predicted octanol–water partition coefficient (Wildman–Crippen LogP) is 6.21. The van der Waals surface area contributed by atoms with Crippen molar-refractivity contribution in [3.63, 3.8) is 0 Å². The molecule has 2 aromatic carbocycles. The molecule has 0 bridgehead atoms. The summed E-state index contributed by atoms with van der Waals surface area (Å²) in [5, 5.41) is -0.0597. The van der Waals surface area contributed by atoms with Crippen LogP contribution in [0.3, 0.4) is 0 Å². The van der Waals surface area contributed by atoms with E-state index in [-0.39, 0.29) is 30.6 Å². The van der Waals surface area contributed by atoms with E-state index in [9.17, 15) is 13.6 Å². The zero-order valence-corrected chi connectivity index (χ0v) is 21.2. The number of rotatable bonds is 8. The zero-order chi connectivity index (χ0) is 24.3. The topological polar surface area (TPSA) is 38.8 Å². The van der Waals surface area contributed by atoms with E-state index < -0.39 is 20.3 Å². The van der Waals surface area contributed by atoms with Crippen LogP contribution < -0.4 is 4.90 Å². The van der Waals surface area contributed by atoms with Gasteiger partial charge in [0.2, 0.25) is 0 Å². The molecule has 0 saturated carbocycles. The van der Waals surface area contributed by atoms with Crippen LogP contribution in [-0.2, 0) is 27.0 Å². The van der Waals surface area contributed by atoms with Crippen molar-refractivity contribution >= 4 is 20.0 Å². The van der Waals surface area contributed by atoms with Crippen LogP contribution in [0, 0.1) is 0 Å². The zero-order valence-electron chi connectivity index (χ0n) is 20.2. The molecule has 0 N–H and O–H groups in total. The second kappa shape index (κ2) is 9.93. The fourth-order valence-corrected chi connectivity index (χ4v) is 4.78. The van der Waals surface area contributed by atoms with Crippen molar-refractivity contribution < 1.29 is 22.7 Å². The number of benzene rings is 2. The highest BCUT2D eigenvalue weighted by Gasteiger charge is 2.41. The Balaban J connectivity index is 1.72. The van der Waals surface area contributed by atoms with E-state index in [1.54, 1.807) is 4.90 Å². The molecule has 4 nitrogen and oxygen atoms in total. The van der Waals surface area contributed by atoms with Crippen molar-refractivity contribution in [2.75, 3.05) is 18.0 Å². The maximum absolute atomic E-state index is 13.6. The number of hydrogen-bond acceptors (Lipinski definition) is 4. The molecule has 7 heteroatoms. The van der Waals surface area contributed by atoms with Gasteiger partial charge in [0.1, 0.15) is 12.7 Å². The van der Waals surface area contributed by atoms with Gasteiger partial charge in [-0.1, -0.05) is 63.2 Å². The molecule has 0 aromatic heterocycles. The normalized spacial score (nSPS) is 17.1. The Hall–Kier alpha value is -2.25. The van der Waals surface area contributed by atoms with Gasteiger partial charge in [0.15, 0.2) is 8.32 Å². The maximum Gasteiger partial charge on any atom is 0.334 e. The summed E-state index contributed by atoms with van der Waals surface area (Å²) < 4.78 is 39.2. The molecule has 2 aromatic rings. The molecule has 1 aliphatic rings. The third kappa shape index (κ3) is 6.87. The van der Waals surface area contributed by atoms with Crippen LogP contribution in [0.1, 0.15) is 38.3 Å². The molecule has 1 saturated heterocycles. The van der Waals surface area contributed by atoms with E-state index in [0.29, 0.717) is 13.0 Å². The number of halogens is 2. The summed E-state index contributed by atoms with van der Waals surface area (Å²) in [5.41, 5.74) is 2.60. The highest BCUT2D eigenvalue weighted by Crippen LogP contribution is 2.38. The summed E-state index contributed by atoms with van der Waals surface area (Å²) in [6.07, 6.45) is -0.474. The average Bonchev–Trinajstić information content (AvgIpc) is 3.11. The van der Waals surface area contributed by atoms with Gasteiger partial charge in [0.05, 0.1) is 6.54 Å². The third-order valence-electron chi connectivity index (χ3n) is 6.62. The summed E-state index contributed by atoms with van der Waals surface area (Å²) in [6.45, 7) is 10.9. The first-order chi connectivity index (χ1) is 15.4. The summed E-state index contributed by atoms with van der Waals surface area (Å²) in [7, 11) is -2.23. The molecule has 1 aliphatic heterocycles. The minimum atomic E-state index is -2.64. The van der Waals surface area contributed by atoms with Crippen molar-refractivity contribution in [1.29, 1.82) is 0 Å². The number of esters is 1. The van der Waals surface area contributed by atoms with Gasteiger partial charge < -0.3 is 14.1 Å². The number of ether oxygens (including phenoxy) is 1. The van der Waals surface area contributed by atoms with Gasteiger partial charge in [-0.3, -0.25) is 0 Å². The Labute approximate surface area is 197 Å². The Morgan fingerprint density at radius 1 is 1.06 bits per heavy atom. The number of hydrogen-bond donors (Lipinski definition) is 0. The number of nitrogens with zero attached hydrogens (tertiary/aromatic N) is 1. The van der Waals surface area contributed by atoms with E-state index in [2.05, 4.69) is 33.9 Å². The van der Waals surface area contributed by atoms with E-state index in [1.807, 2.05) is 54.6 Å². The van der Waals surface area contributed by atoms with Gasteiger partial charge in [0, 0.05) is 25.1 Å². The van der Waals surface area contributed by atoms with E-state index in [1.165, 1.54) is 0 Å². The standard InChI is InChI=1S/C26H35F2NO3Si/c1-25(2,3)33(4,5)32-23(24(30)31-18-21-9-7-6-8-10-21)17-20-11-13-22(14-12-20)29-16-15-26(27,28)19-29/h6-14,23H,15-19H2,1-5H3/t23-/m1/s1. The van der Waals surface area contributed by atoms with Crippen molar-refractivity contribution in [3.05, 3.63) is 65.7 Å². The molecule has 3 rings (SSSR count). The van der Waals surface area contributed by atoms with E-state index in [4.69, 9.17) is 9.16 Å². The molecule has 0 amide bonds. The van der Waals surface area contributed by atoms with Gasteiger partial charge in [-0.15, -0.1) is 0 Å². The van der Waals surface area contributed by atoms with Gasteiger partial charge in [-0.2, -0.15) is 0 Å². The first-order valence-corrected chi connectivity index (χ1v) is 14.4. The monoisotopic (exact) mass is 475 g/mol. The predicted molar refractivity (Wildman–Crippen MR) is 130 cm³/mol. The van der Waals surface area contributed by atoms with E-state index in [0.717, 1.165) is 16.8 Å². The minimum Gasteiger partial charge on any atom is -0.459 e. The maximum atomic E-state index is 13.6. The summed E-state index contributed by atoms with van der Waals surface area (Å²) in [4.78, 5) is 14.8. The van der Waals surface area contributed by atoms with Crippen LogP contribution in [0.15, 0.2) is 54.6 Å². The van der Waals surface area contributed by atoms with Crippen molar-refractivity contribution in [2.24, 2.45) is 0 Å². The van der Waals surface area contributed by atoms with Crippen molar-refractivity contribution in [3.8, 4) is 0 Å². The van der Waals surface area contributed by atoms with Crippen LogP contribution in [-0.4, -0.2) is 39.4 Å². The molecular formula is C26H35F2NO3Si. The Morgan fingerprint density at radius 2 is 1.70 bits per heavy atom. The fourth-order valence-electron chi connectivity index (χ4n) is 3.54. The number of carbonyl (C=O) groups is 1.